The standard InChI is InChI=1S/C8H8N2O.C2H6/c1-5-3-4-9-8-7(5)10-6(2)11-8;1-2/h3-4H,1-2H3;1-2H3. The van der Waals surface area contributed by atoms with Crippen LogP contribution in [0, 0.1) is 13.8 Å². The molecule has 2 heterocycles. The molecule has 70 valence electrons. The van der Waals surface area contributed by atoms with Crippen LogP contribution in [-0.2, 0) is 0 Å². The molecule has 0 radical (unpaired) electrons. The Labute approximate surface area is 77.8 Å². The van der Waals surface area contributed by atoms with E-state index in [2.05, 4.69) is 9.97 Å². The quantitative estimate of drug-likeness (QED) is 0.622. The van der Waals surface area contributed by atoms with Crippen LogP contribution < -0.4 is 0 Å². The molecule has 3 heteroatoms. The van der Waals surface area contributed by atoms with Gasteiger partial charge in [-0.2, -0.15) is 0 Å². The Balaban J connectivity index is 0.000000396. The number of aryl methyl sites for hydroxylation is 2. The van der Waals surface area contributed by atoms with Gasteiger partial charge >= 0.3 is 0 Å². The lowest BCUT2D eigenvalue weighted by Crippen LogP contribution is -1.77. The summed E-state index contributed by atoms with van der Waals surface area (Å²) in [5.74, 6) is 0.668. The summed E-state index contributed by atoms with van der Waals surface area (Å²) in [7, 11) is 0. The zero-order valence-corrected chi connectivity index (χ0v) is 8.46. The molecule has 0 aliphatic carbocycles. The fraction of sp³-hybridized carbons (Fsp3) is 0.400. The van der Waals surface area contributed by atoms with Crippen LogP contribution in [0.4, 0.5) is 0 Å². The minimum Gasteiger partial charge on any atom is -0.423 e. The van der Waals surface area contributed by atoms with Gasteiger partial charge in [-0.25, -0.2) is 9.97 Å². The number of hydrogen-bond acceptors (Lipinski definition) is 3. The minimum absolute atomic E-state index is 0.627. The maximum absolute atomic E-state index is 5.23. The van der Waals surface area contributed by atoms with Crippen molar-refractivity contribution >= 4 is 11.2 Å². The molecule has 0 N–H and O–H groups in total. The second-order valence-electron chi connectivity index (χ2n) is 2.51. The summed E-state index contributed by atoms with van der Waals surface area (Å²) in [6, 6.07) is 1.92. The van der Waals surface area contributed by atoms with Gasteiger partial charge in [0.2, 0.25) is 5.71 Å². The maximum atomic E-state index is 5.23. The van der Waals surface area contributed by atoms with E-state index in [9.17, 15) is 0 Å². The van der Waals surface area contributed by atoms with Crippen LogP contribution in [0.15, 0.2) is 16.7 Å². The number of oxazole rings is 1. The van der Waals surface area contributed by atoms with Crippen molar-refractivity contribution in [3.8, 4) is 0 Å². The predicted octanol–water partition coefficient (Wildman–Crippen LogP) is 2.87. The van der Waals surface area contributed by atoms with Gasteiger partial charge in [-0.05, 0) is 18.6 Å². The molecule has 3 nitrogen and oxygen atoms in total. The van der Waals surface area contributed by atoms with Gasteiger partial charge in [-0.3, -0.25) is 0 Å². The zero-order valence-electron chi connectivity index (χ0n) is 8.46. The van der Waals surface area contributed by atoms with Gasteiger partial charge in [0.15, 0.2) is 5.89 Å². The highest BCUT2D eigenvalue weighted by Crippen LogP contribution is 2.15. The summed E-state index contributed by atoms with van der Waals surface area (Å²) >= 11 is 0. The molecular weight excluding hydrogens is 164 g/mol. The van der Waals surface area contributed by atoms with Crippen molar-refractivity contribution in [2.24, 2.45) is 0 Å². The number of hydrogen-bond donors (Lipinski definition) is 0. The number of fused-ring (bicyclic) bond motifs is 1. The Morgan fingerprint density at radius 3 is 2.54 bits per heavy atom. The summed E-state index contributed by atoms with van der Waals surface area (Å²) in [5, 5.41) is 0. The number of nitrogens with zero attached hydrogens (tertiary/aromatic N) is 2. The molecule has 0 atom stereocenters. The lowest BCUT2D eigenvalue weighted by Gasteiger charge is -1.87. The Morgan fingerprint density at radius 2 is 1.92 bits per heavy atom. The lowest BCUT2D eigenvalue weighted by atomic mass is 10.3. The van der Waals surface area contributed by atoms with Crippen molar-refractivity contribution in [2.75, 3.05) is 0 Å². The first-order chi connectivity index (χ1) is 6.27. The molecule has 2 rings (SSSR count). The first-order valence-electron chi connectivity index (χ1n) is 4.46. The van der Waals surface area contributed by atoms with Gasteiger partial charge in [-0.15, -0.1) is 0 Å². The SMILES string of the molecule is CC.Cc1nc2c(C)ccnc2o1. The summed E-state index contributed by atoms with van der Waals surface area (Å²) in [6.45, 7) is 7.81. The van der Waals surface area contributed by atoms with Crippen molar-refractivity contribution < 1.29 is 4.42 Å². The van der Waals surface area contributed by atoms with E-state index in [4.69, 9.17) is 4.42 Å². The van der Waals surface area contributed by atoms with Gasteiger partial charge in [0.1, 0.15) is 5.52 Å². The van der Waals surface area contributed by atoms with Crippen molar-refractivity contribution in [1.29, 1.82) is 0 Å². The fourth-order valence-corrected chi connectivity index (χ4v) is 1.06. The van der Waals surface area contributed by atoms with E-state index in [1.165, 1.54) is 0 Å². The Hall–Kier alpha value is -1.38. The van der Waals surface area contributed by atoms with Crippen molar-refractivity contribution in [1.82, 2.24) is 9.97 Å². The molecule has 0 bridgehead atoms. The third-order valence-corrected chi connectivity index (χ3v) is 1.61. The summed E-state index contributed by atoms with van der Waals surface area (Å²) in [4.78, 5) is 8.22. The Kier molecular flexibility index (Phi) is 3.01. The van der Waals surface area contributed by atoms with E-state index in [0.717, 1.165) is 11.1 Å². The van der Waals surface area contributed by atoms with Crippen LogP contribution in [0.1, 0.15) is 25.3 Å². The summed E-state index contributed by atoms with van der Waals surface area (Å²) in [6.07, 6.45) is 1.72. The molecule has 0 aliphatic heterocycles. The molecule has 0 aromatic carbocycles. The van der Waals surface area contributed by atoms with Crippen LogP contribution >= 0.6 is 0 Å². The van der Waals surface area contributed by atoms with E-state index in [0.29, 0.717) is 11.6 Å². The molecule has 0 saturated carbocycles. The van der Waals surface area contributed by atoms with Crippen LogP contribution in [0.3, 0.4) is 0 Å². The first-order valence-corrected chi connectivity index (χ1v) is 4.46. The molecule has 0 amide bonds. The summed E-state index contributed by atoms with van der Waals surface area (Å²) < 4.78 is 5.23. The van der Waals surface area contributed by atoms with Crippen LogP contribution in [0.25, 0.3) is 11.2 Å². The van der Waals surface area contributed by atoms with Crippen LogP contribution in [0.2, 0.25) is 0 Å². The minimum atomic E-state index is 0.627. The predicted molar refractivity (Wildman–Crippen MR) is 52.6 cm³/mol. The monoisotopic (exact) mass is 178 g/mol. The highest BCUT2D eigenvalue weighted by Gasteiger charge is 2.03. The zero-order chi connectivity index (χ0) is 9.84. The highest BCUT2D eigenvalue weighted by molar-refractivity contribution is 5.71. The van der Waals surface area contributed by atoms with Crippen molar-refractivity contribution in [3.63, 3.8) is 0 Å². The third kappa shape index (κ3) is 1.86. The molecule has 13 heavy (non-hydrogen) atoms. The molecule has 0 aliphatic rings. The second kappa shape index (κ2) is 4.03. The number of rotatable bonds is 0. The van der Waals surface area contributed by atoms with E-state index < -0.39 is 0 Å². The molecular formula is C10H14N2O. The van der Waals surface area contributed by atoms with Gasteiger partial charge < -0.3 is 4.42 Å². The Morgan fingerprint density at radius 1 is 1.23 bits per heavy atom. The van der Waals surface area contributed by atoms with Gasteiger partial charge in [0.05, 0.1) is 0 Å². The molecule has 0 saturated heterocycles. The average Bonchev–Trinajstić information content (AvgIpc) is 2.51. The van der Waals surface area contributed by atoms with Crippen LogP contribution in [-0.4, -0.2) is 9.97 Å². The van der Waals surface area contributed by atoms with Crippen molar-refractivity contribution in [2.45, 2.75) is 27.7 Å². The molecule has 2 aromatic rings. The van der Waals surface area contributed by atoms with Crippen LogP contribution in [0.5, 0.6) is 0 Å². The molecule has 2 aromatic heterocycles. The third-order valence-electron chi connectivity index (χ3n) is 1.61. The average molecular weight is 178 g/mol. The van der Waals surface area contributed by atoms with Crippen molar-refractivity contribution in [3.05, 3.63) is 23.7 Å². The molecule has 0 spiro atoms. The van der Waals surface area contributed by atoms with Gasteiger partial charge in [0.25, 0.3) is 0 Å². The lowest BCUT2D eigenvalue weighted by molar-refractivity contribution is 0.551. The fourth-order valence-electron chi connectivity index (χ4n) is 1.06. The highest BCUT2D eigenvalue weighted by atomic mass is 16.4. The topological polar surface area (TPSA) is 38.9 Å². The Bertz CT molecular complexity index is 393. The smallest absolute Gasteiger partial charge is 0.247 e. The van der Waals surface area contributed by atoms with E-state index in [-0.39, 0.29) is 0 Å². The normalized spacial score (nSPS) is 9.54. The number of pyridine rings is 1. The number of aromatic nitrogens is 2. The summed E-state index contributed by atoms with van der Waals surface area (Å²) in [5.41, 5.74) is 2.60. The van der Waals surface area contributed by atoms with E-state index >= 15 is 0 Å². The van der Waals surface area contributed by atoms with Gasteiger partial charge in [0, 0.05) is 13.1 Å². The van der Waals surface area contributed by atoms with E-state index in [1.807, 2.05) is 33.8 Å². The molecule has 0 fully saturated rings. The molecule has 0 unspecified atom stereocenters. The van der Waals surface area contributed by atoms with E-state index in [1.54, 1.807) is 6.20 Å². The van der Waals surface area contributed by atoms with Gasteiger partial charge in [-0.1, -0.05) is 13.8 Å². The second-order valence-corrected chi connectivity index (χ2v) is 2.51. The largest absolute Gasteiger partial charge is 0.423 e. The first kappa shape index (κ1) is 9.71. The maximum Gasteiger partial charge on any atom is 0.247 e.